The molecule has 0 aliphatic heterocycles. The van der Waals surface area contributed by atoms with E-state index in [2.05, 4.69) is 9.97 Å². The minimum atomic E-state index is -5.05. The quantitative estimate of drug-likeness (QED) is 0.0827. The summed E-state index contributed by atoms with van der Waals surface area (Å²) in [4.78, 5) is 20.7. The number of rotatable bonds is 13. The Bertz CT molecular complexity index is 1700. The Labute approximate surface area is 301 Å². The first-order valence-corrected chi connectivity index (χ1v) is 14.7. The number of anilines is 1. The fourth-order valence-electron chi connectivity index (χ4n) is 4.96. The first-order chi connectivity index (χ1) is 22.5. The van der Waals surface area contributed by atoms with Gasteiger partial charge in [0.05, 0.1) is 37.2 Å². The summed E-state index contributed by atoms with van der Waals surface area (Å²) in [6, 6.07) is 11.5. The molecule has 0 atom stereocenters. The van der Waals surface area contributed by atoms with Crippen molar-refractivity contribution >= 4 is 41.5 Å². The van der Waals surface area contributed by atoms with Crippen LogP contribution in [0.15, 0.2) is 67.0 Å². The first-order valence-electron chi connectivity index (χ1n) is 14.7. The monoisotopic (exact) mass is 701 g/mol. The Balaban J connectivity index is 0.00000650. The summed E-state index contributed by atoms with van der Waals surface area (Å²) in [7, 11) is 1.49. The maximum absolute atomic E-state index is 13.7. The van der Waals surface area contributed by atoms with E-state index in [1.165, 1.54) is 36.5 Å². The number of carbonyl (C=O) groups is 1. The van der Waals surface area contributed by atoms with Crippen molar-refractivity contribution in [2.45, 2.75) is 58.0 Å². The number of aromatic hydroxyl groups is 1. The van der Waals surface area contributed by atoms with Crippen molar-refractivity contribution in [2.75, 3.05) is 18.6 Å². The molecule has 8 nitrogen and oxygen atoms in total. The van der Waals surface area contributed by atoms with Crippen LogP contribution in [0.2, 0.25) is 0 Å². The summed E-state index contributed by atoms with van der Waals surface area (Å²) in [5, 5.41) is 19.3. The third-order valence-corrected chi connectivity index (χ3v) is 7.35. The molecule has 0 fully saturated rings. The van der Waals surface area contributed by atoms with Crippen molar-refractivity contribution in [2.24, 2.45) is 0 Å². The number of methoxy groups -OCH3 is 1. The molecule has 0 saturated carbocycles. The van der Waals surface area contributed by atoms with Gasteiger partial charge < -0.3 is 24.6 Å². The molecule has 0 spiro atoms. The summed E-state index contributed by atoms with van der Waals surface area (Å²) in [6.07, 6.45) is -7.48. The summed E-state index contributed by atoms with van der Waals surface area (Å²) < 4.78 is 93.4. The predicted octanol–water partition coefficient (Wildman–Crippen LogP) is 7.82. The van der Waals surface area contributed by atoms with E-state index in [9.17, 15) is 36.2 Å². The number of carboxylic acid groups (broad SMARTS) is 1. The van der Waals surface area contributed by atoms with Crippen LogP contribution in [0.1, 0.15) is 60.4 Å². The summed E-state index contributed by atoms with van der Waals surface area (Å²) in [6.45, 7) is 3.42. The van der Waals surface area contributed by atoms with E-state index in [1.54, 1.807) is 12.1 Å². The molecule has 4 rings (SSSR count). The van der Waals surface area contributed by atoms with Crippen molar-refractivity contribution in [3.8, 4) is 28.4 Å². The molecule has 0 bridgehead atoms. The molecular weight excluding hydrogens is 667 g/mol. The summed E-state index contributed by atoms with van der Waals surface area (Å²) in [5.41, 5.74) is -0.560. The fourth-order valence-corrected chi connectivity index (χ4v) is 4.96. The molecule has 0 amide bonds. The van der Waals surface area contributed by atoms with E-state index in [4.69, 9.17) is 14.6 Å². The number of hydrogen-bond donors (Lipinski definition) is 2. The number of phenols is 1. The number of benzene rings is 3. The van der Waals surface area contributed by atoms with Crippen LogP contribution in [0.25, 0.3) is 11.1 Å². The Hall–Kier alpha value is -4.01. The molecule has 49 heavy (non-hydrogen) atoms. The van der Waals surface area contributed by atoms with Crippen molar-refractivity contribution in [3.05, 3.63) is 94.8 Å². The van der Waals surface area contributed by atoms with Crippen LogP contribution < -0.4 is 14.4 Å². The van der Waals surface area contributed by atoms with Crippen LogP contribution in [-0.4, -0.2) is 69.4 Å². The predicted molar refractivity (Wildman–Crippen MR) is 172 cm³/mol. The van der Waals surface area contributed by atoms with Gasteiger partial charge in [0.2, 0.25) is 5.95 Å². The zero-order chi connectivity index (χ0) is 35.2. The topological polar surface area (TPSA) is 105 Å². The molecule has 1 aromatic heterocycles. The van der Waals surface area contributed by atoms with Crippen LogP contribution in [0, 0.1) is 0 Å². The molecule has 1 heterocycles. The Kier molecular flexibility index (Phi) is 13.4. The molecule has 0 saturated heterocycles. The van der Waals surface area contributed by atoms with E-state index >= 15 is 0 Å². The third-order valence-electron chi connectivity index (χ3n) is 7.35. The molecule has 0 unspecified atom stereocenters. The van der Waals surface area contributed by atoms with Crippen LogP contribution in [0.4, 0.5) is 32.3 Å². The van der Waals surface area contributed by atoms with E-state index in [1.807, 2.05) is 26.0 Å². The van der Waals surface area contributed by atoms with Gasteiger partial charge in [-0.1, -0.05) is 26.0 Å². The van der Waals surface area contributed by atoms with Gasteiger partial charge in [-0.05, 0) is 77.1 Å². The number of alkyl halides is 6. The Morgan fingerprint density at radius 3 is 2.06 bits per heavy atom. The second kappa shape index (κ2) is 16.6. The van der Waals surface area contributed by atoms with Gasteiger partial charge >= 0.3 is 47.9 Å². The number of ether oxygens (including phenoxy) is 2. The molecule has 4 aromatic rings. The molecule has 2 N–H and O–H groups in total. The standard InChI is InChI=1S/C34H33F6N3O5.Na.H/c1-20(2)22-6-9-30(47-3)29(14-22)28-8-7-26(44)13-23(28)19-43(32-41-16-27(17-42-32)48-10-4-5-31(45)46)18-21-11-24(33(35,36)37)15-25(12-21)34(38,39)40;;/h6-9,11-17,20,44H,4-5,10,18-19H2,1-3H3,(H,45,46);;. The van der Waals surface area contributed by atoms with E-state index < -0.39 is 36.0 Å². The number of phenolic OH excluding ortho intramolecular Hbond substituents is 1. The maximum atomic E-state index is 13.7. The van der Waals surface area contributed by atoms with Gasteiger partial charge in [0.1, 0.15) is 11.5 Å². The van der Waals surface area contributed by atoms with Gasteiger partial charge in [-0.3, -0.25) is 4.79 Å². The van der Waals surface area contributed by atoms with Crippen molar-refractivity contribution in [1.29, 1.82) is 0 Å². The number of carboxylic acids is 1. The van der Waals surface area contributed by atoms with Gasteiger partial charge in [0, 0.05) is 25.1 Å². The summed E-state index contributed by atoms with van der Waals surface area (Å²) >= 11 is 0. The number of hydrogen-bond acceptors (Lipinski definition) is 7. The molecule has 0 aliphatic carbocycles. The molecular formula is C34H34F6N3NaO5. The van der Waals surface area contributed by atoms with Crippen LogP contribution in [-0.2, 0) is 30.2 Å². The Morgan fingerprint density at radius 1 is 0.878 bits per heavy atom. The van der Waals surface area contributed by atoms with Gasteiger partial charge in [-0.15, -0.1) is 0 Å². The molecule has 258 valence electrons. The van der Waals surface area contributed by atoms with E-state index in [-0.39, 0.29) is 90.5 Å². The second-order valence-electron chi connectivity index (χ2n) is 11.3. The van der Waals surface area contributed by atoms with Crippen LogP contribution in [0.5, 0.6) is 17.2 Å². The third kappa shape index (κ3) is 10.7. The number of aliphatic carboxylic acids is 1. The average Bonchev–Trinajstić information content (AvgIpc) is 3.02. The van der Waals surface area contributed by atoms with Gasteiger partial charge in [-0.25, -0.2) is 9.97 Å². The first kappa shape index (κ1) is 39.4. The van der Waals surface area contributed by atoms with Crippen molar-refractivity contribution in [3.63, 3.8) is 0 Å². The van der Waals surface area contributed by atoms with Crippen molar-refractivity contribution < 1.29 is 50.8 Å². The fraction of sp³-hybridized carbons (Fsp3) is 0.324. The van der Waals surface area contributed by atoms with Gasteiger partial charge in [-0.2, -0.15) is 26.3 Å². The van der Waals surface area contributed by atoms with Gasteiger partial charge in [0.15, 0.2) is 5.75 Å². The number of nitrogens with zero attached hydrogens (tertiary/aromatic N) is 3. The normalized spacial score (nSPS) is 11.6. The zero-order valence-electron chi connectivity index (χ0n) is 26.2. The summed E-state index contributed by atoms with van der Waals surface area (Å²) in [5.74, 6) is -0.354. The Morgan fingerprint density at radius 2 is 1.51 bits per heavy atom. The van der Waals surface area contributed by atoms with Crippen LogP contribution in [0.3, 0.4) is 0 Å². The molecule has 0 aliphatic rings. The van der Waals surface area contributed by atoms with Crippen LogP contribution >= 0.6 is 0 Å². The van der Waals surface area contributed by atoms with E-state index in [0.29, 0.717) is 34.6 Å². The molecule has 0 radical (unpaired) electrons. The van der Waals surface area contributed by atoms with E-state index in [0.717, 1.165) is 5.56 Å². The van der Waals surface area contributed by atoms with Gasteiger partial charge in [0.25, 0.3) is 0 Å². The average molecular weight is 702 g/mol. The van der Waals surface area contributed by atoms with Crippen molar-refractivity contribution in [1.82, 2.24) is 9.97 Å². The number of aromatic nitrogens is 2. The number of halogens is 6. The molecule has 3 aromatic carbocycles. The zero-order valence-corrected chi connectivity index (χ0v) is 26.2. The SMILES string of the molecule is COc1ccc(C(C)C)cc1-c1ccc(O)cc1CN(Cc1cc(C(F)(F)F)cc(C(F)(F)F)c1)c1ncc(OCCCC(=O)O)cn1.[NaH]. The minimum absolute atomic E-state index is 0. The molecule has 15 heteroatoms. The second-order valence-corrected chi connectivity index (χ2v) is 11.3.